The molecule has 0 bridgehead atoms. The number of rotatable bonds is 10. The van der Waals surface area contributed by atoms with Gasteiger partial charge in [-0.2, -0.15) is 0 Å². The van der Waals surface area contributed by atoms with Gasteiger partial charge in [-0.05, 0) is 62.5 Å². The van der Waals surface area contributed by atoms with Crippen molar-refractivity contribution in [2.24, 2.45) is 5.92 Å². The number of halogens is 1. The largest absolute Gasteiger partial charge is 0.390 e. The van der Waals surface area contributed by atoms with Crippen molar-refractivity contribution in [3.8, 4) is 0 Å². The molecule has 0 radical (unpaired) electrons. The minimum Gasteiger partial charge on any atom is -0.390 e. The van der Waals surface area contributed by atoms with E-state index in [9.17, 15) is 9.50 Å². The van der Waals surface area contributed by atoms with Crippen molar-refractivity contribution in [3.05, 3.63) is 53.1 Å². The summed E-state index contributed by atoms with van der Waals surface area (Å²) >= 11 is 0. The van der Waals surface area contributed by atoms with Crippen LogP contribution in [0, 0.1) is 22.6 Å². The van der Waals surface area contributed by atoms with E-state index in [0.29, 0.717) is 29.1 Å². The molecule has 1 aromatic rings. The SMILES string of the molecule is CC(=N)/C=C(/C/C(C=N)=C/NCC1CC1)Nc1ccc(F)cc1C(C)O. The maximum Gasteiger partial charge on any atom is 0.123 e. The average Bonchev–Trinajstić information content (AvgIpc) is 3.39. The lowest BCUT2D eigenvalue weighted by molar-refractivity contribution is 0.199. The monoisotopic (exact) mass is 358 g/mol. The highest BCUT2D eigenvalue weighted by Gasteiger charge is 2.20. The van der Waals surface area contributed by atoms with Crippen LogP contribution in [0.3, 0.4) is 0 Å². The topological polar surface area (TPSA) is 92.0 Å². The molecule has 0 aromatic heterocycles. The van der Waals surface area contributed by atoms with Crippen LogP contribution in [0.4, 0.5) is 10.1 Å². The van der Waals surface area contributed by atoms with Gasteiger partial charge in [-0.3, -0.25) is 0 Å². The number of aliphatic hydroxyl groups excluding tert-OH is 1. The summed E-state index contributed by atoms with van der Waals surface area (Å²) in [6, 6.07) is 4.20. The molecule has 0 heterocycles. The number of nitrogens with one attached hydrogen (secondary N) is 4. The van der Waals surface area contributed by atoms with Crippen LogP contribution in [-0.2, 0) is 0 Å². The fourth-order valence-corrected chi connectivity index (χ4v) is 2.60. The van der Waals surface area contributed by atoms with Crippen LogP contribution in [0.2, 0.25) is 0 Å². The summed E-state index contributed by atoms with van der Waals surface area (Å²) < 4.78 is 13.5. The summed E-state index contributed by atoms with van der Waals surface area (Å²) in [6.07, 6.45) is 6.91. The van der Waals surface area contributed by atoms with E-state index in [2.05, 4.69) is 10.6 Å². The standard InChI is InChI=1S/C20H27FN4O/c1-13(23)7-18(8-16(10-22)12-24-11-15-3-4-15)25-20-6-5-17(21)9-19(20)14(2)26/h5-7,9-10,12,14-15,22-26H,3-4,8,11H2,1-2H3/b16-12-,18-7-,22-10?,23-13?. The van der Waals surface area contributed by atoms with Gasteiger partial charge in [0.15, 0.2) is 0 Å². The van der Waals surface area contributed by atoms with Crippen LogP contribution < -0.4 is 10.6 Å². The van der Waals surface area contributed by atoms with Gasteiger partial charge in [0.05, 0.1) is 6.10 Å². The second-order valence-electron chi connectivity index (χ2n) is 6.78. The third-order valence-corrected chi connectivity index (χ3v) is 4.12. The fraction of sp³-hybridized carbons (Fsp3) is 0.400. The minimum absolute atomic E-state index is 0.364. The van der Waals surface area contributed by atoms with Crippen LogP contribution in [0.25, 0.3) is 0 Å². The Labute approximate surface area is 154 Å². The normalized spacial score (nSPS) is 16.2. The smallest absolute Gasteiger partial charge is 0.123 e. The van der Waals surface area contributed by atoms with Crippen molar-refractivity contribution < 1.29 is 9.50 Å². The van der Waals surface area contributed by atoms with Gasteiger partial charge in [-0.15, -0.1) is 0 Å². The van der Waals surface area contributed by atoms with Crippen molar-refractivity contribution in [1.82, 2.24) is 5.32 Å². The molecule has 0 spiro atoms. The maximum atomic E-state index is 13.5. The molecular weight excluding hydrogens is 331 g/mol. The quantitative estimate of drug-likeness (QED) is 0.407. The van der Waals surface area contributed by atoms with Gasteiger partial charge in [0, 0.05) is 48.0 Å². The first-order valence-electron chi connectivity index (χ1n) is 8.82. The van der Waals surface area contributed by atoms with E-state index in [0.717, 1.165) is 18.0 Å². The van der Waals surface area contributed by atoms with E-state index >= 15 is 0 Å². The van der Waals surface area contributed by atoms with Gasteiger partial charge in [-0.1, -0.05) is 0 Å². The first-order valence-corrected chi connectivity index (χ1v) is 8.82. The number of hydrogen-bond acceptors (Lipinski definition) is 5. The summed E-state index contributed by atoms with van der Waals surface area (Å²) in [6.45, 7) is 4.16. The molecule has 1 atom stereocenters. The van der Waals surface area contributed by atoms with E-state index in [-0.39, 0.29) is 0 Å². The molecular formula is C20H27FN4O. The van der Waals surface area contributed by atoms with Crippen molar-refractivity contribution in [1.29, 1.82) is 10.8 Å². The summed E-state index contributed by atoms with van der Waals surface area (Å²) in [5.41, 5.74) is 2.87. The van der Waals surface area contributed by atoms with Gasteiger partial charge in [-0.25, -0.2) is 4.39 Å². The number of aliphatic hydroxyl groups is 1. The van der Waals surface area contributed by atoms with Crippen LogP contribution in [-0.4, -0.2) is 23.6 Å². The third kappa shape index (κ3) is 6.44. The molecule has 1 fully saturated rings. The lowest BCUT2D eigenvalue weighted by Crippen LogP contribution is -2.12. The molecule has 26 heavy (non-hydrogen) atoms. The second-order valence-corrected chi connectivity index (χ2v) is 6.78. The molecule has 1 aliphatic rings. The summed E-state index contributed by atoms with van der Waals surface area (Å²) in [5, 5.41) is 31.7. The Morgan fingerprint density at radius 3 is 2.73 bits per heavy atom. The molecule has 5 nitrogen and oxygen atoms in total. The molecule has 2 rings (SSSR count). The maximum absolute atomic E-state index is 13.5. The molecule has 0 amide bonds. The zero-order valence-corrected chi connectivity index (χ0v) is 15.3. The number of anilines is 1. The minimum atomic E-state index is -0.825. The van der Waals surface area contributed by atoms with Crippen molar-refractivity contribution in [2.45, 2.75) is 39.2 Å². The lowest BCUT2D eigenvalue weighted by Gasteiger charge is -2.17. The Morgan fingerprint density at radius 2 is 2.15 bits per heavy atom. The Bertz CT molecular complexity index is 721. The predicted octanol–water partition coefficient (Wildman–Crippen LogP) is 4.14. The first kappa shape index (κ1) is 19.8. The number of allylic oxidation sites excluding steroid dienone is 2. The Hall–Kier alpha value is -2.47. The zero-order valence-electron chi connectivity index (χ0n) is 15.3. The molecule has 5 N–H and O–H groups in total. The van der Waals surface area contributed by atoms with Gasteiger partial charge in [0.1, 0.15) is 5.82 Å². The van der Waals surface area contributed by atoms with E-state index < -0.39 is 11.9 Å². The molecule has 1 aliphatic carbocycles. The van der Waals surface area contributed by atoms with Crippen LogP contribution in [0.5, 0.6) is 0 Å². The highest BCUT2D eigenvalue weighted by molar-refractivity contribution is 5.91. The van der Waals surface area contributed by atoms with Crippen LogP contribution >= 0.6 is 0 Å². The van der Waals surface area contributed by atoms with E-state index in [1.54, 1.807) is 26.0 Å². The third-order valence-electron chi connectivity index (χ3n) is 4.12. The average molecular weight is 358 g/mol. The fourth-order valence-electron chi connectivity index (χ4n) is 2.60. The van der Waals surface area contributed by atoms with Crippen LogP contribution in [0.1, 0.15) is 44.8 Å². The van der Waals surface area contributed by atoms with Crippen molar-refractivity contribution in [2.75, 3.05) is 11.9 Å². The van der Waals surface area contributed by atoms with E-state index in [1.165, 1.54) is 31.2 Å². The van der Waals surface area contributed by atoms with E-state index in [4.69, 9.17) is 10.8 Å². The summed E-state index contributed by atoms with van der Waals surface area (Å²) in [4.78, 5) is 0. The number of hydrogen-bond donors (Lipinski definition) is 5. The second kappa shape index (κ2) is 9.29. The van der Waals surface area contributed by atoms with Gasteiger partial charge in [0.25, 0.3) is 0 Å². The summed E-state index contributed by atoms with van der Waals surface area (Å²) in [5.74, 6) is 0.326. The molecule has 0 saturated heterocycles. The zero-order chi connectivity index (χ0) is 19.1. The van der Waals surface area contributed by atoms with Crippen LogP contribution in [0.15, 0.2) is 41.7 Å². The van der Waals surface area contributed by atoms with Crippen molar-refractivity contribution >= 4 is 17.6 Å². The molecule has 1 saturated carbocycles. The first-order chi connectivity index (χ1) is 12.4. The summed E-state index contributed by atoms with van der Waals surface area (Å²) in [7, 11) is 0. The van der Waals surface area contributed by atoms with Crippen molar-refractivity contribution in [3.63, 3.8) is 0 Å². The molecule has 6 heteroatoms. The lowest BCUT2D eigenvalue weighted by atomic mass is 10.1. The highest BCUT2D eigenvalue weighted by atomic mass is 19.1. The predicted molar refractivity (Wildman–Crippen MR) is 104 cm³/mol. The Morgan fingerprint density at radius 1 is 1.42 bits per heavy atom. The highest BCUT2D eigenvalue weighted by Crippen LogP contribution is 2.28. The van der Waals surface area contributed by atoms with Gasteiger partial charge < -0.3 is 26.6 Å². The number of benzene rings is 1. The molecule has 0 aliphatic heterocycles. The molecule has 1 aromatic carbocycles. The Kier molecular flexibility index (Phi) is 7.09. The Balaban J connectivity index is 2.16. The van der Waals surface area contributed by atoms with E-state index in [1.807, 2.05) is 6.20 Å². The van der Waals surface area contributed by atoms with Gasteiger partial charge >= 0.3 is 0 Å². The molecule has 140 valence electrons. The molecule has 1 unspecified atom stereocenters. The van der Waals surface area contributed by atoms with Gasteiger partial charge in [0.2, 0.25) is 0 Å².